The van der Waals surface area contributed by atoms with E-state index in [0.29, 0.717) is 12.2 Å². The molecule has 0 bridgehead atoms. The van der Waals surface area contributed by atoms with Gasteiger partial charge in [0.05, 0.1) is 0 Å². The highest BCUT2D eigenvalue weighted by Crippen LogP contribution is 2.23. The van der Waals surface area contributed by atoms with Crippen LogP contribution in [0.25, 0.3) is 0 Å². The maximum atomic E-state index is 12.0. The molecule has 1 aromatic rings. The lowest BCUT2D eigenvalue weighted by Gasteiger charge is -2.19. The maximum absolute atomic E-state index is 12.0. The van der Waals surface area contributed by atoms with Crippen LogP contribution in [0.3, 0.4) is 0 Å². The molecule has 0 saturated carbocycles. The first-order chi connectivity index (χ1) is 8.47. The Hall–Kier alpha value is -1.37. The lowest BCUT2D eigenvalue weighted by molar-refractivity contribution is -0.115. The van der Waals surface area contributed by atoms with E-state index in [1.54, 1.807) is 0 Å². The summed E-state index contributed by atoms with van der Waals surface area (Å²) in [5, 5.41) is 0. The molecule has 0 spiro atoms. The van der Waals surface area contributed by atoms with E-state index in [-0.39, 0.29) is 5.41 Å². The van der Waals surface area contributed by atoms with Gasteiger partial charge in [-0.1, -0.05) is 51.1 Å². The van der Waals surface area contributed by atoms with Crippen LogP contribution in [-0.2, 0) is 16.6 Å². The first-order valence-electron chi connectivity index (χ1n) is 6.78. The van der Waals surface area contributed by atoms with Crippen molar-refractivity contribution < 1.29 is 4.79 Å². The molecule has 0 unspecified atom stereocenters. The molecular weight excluding hydrogens is 220 g/mol. The second-order valence-electron chi connectivity index (χ2n) is 6.17. The standard InChI is InChI=1S/C17H22O/c1-17(2,3)15-10-8-13(9-11-15)12-16(18)14-6-4-5-7-14/h6,8-11H,4-5,7,12H2,1-3H3. The van der Waals surface area contributed by atoms with Gasteiger partial charge in [-0.2, -0.15) is 0 Å². The zero-order valence-corrected chi connectivity index (χ0v) is 11.6. The second-order valence-corrected chi connectivity index (χ2v) is 6.17. The fraction of sp³-hybridized carbons (Fsp3) is 0.471. The summed E-state index contributed by atoms with van der Waals surface area (Å²) in [6.45, 7) is 6.61. The van der Waals surface area contributed by atoms with Crippen LogP contribution < -0.4 is 0 Å². The first-order valence-corrected chi connectivity index (χ1v) is 6.78. The van der Waals surface area contributed by atoms with Gasteiger partial charge >= 0.3 is 0 Å². The summed E-state index contributed by atoms with van der Waals surface area (Å²) in [5.74, 6) is 0.302. The molecule has 0 atom stereocenters. The zero-order valence-electron chi connectivity index (χ0n) is 11.6. The quantitative estimate of drug-likeness (QED) is 0.776. The summed E-state index contributed by atoms with van der Waals surface area (Å²) < 4.78 is 0. The van der Waals surface area contributed by atoms with E-state index in [2.05, 4.69) is 51.1 Å². The topological polar surface area (TPSA) is 17.1 Å². The minimum atomic E-state index is 0.177. The van der Waals surface area contributed by atoms with Gasteiger partial charge in [-0.25, -0.2) is 0 Å². The fourth-order valence-corrected chi connectivity index (χ4v) is 2.35. The minimum Gasteiger partial charge on any atom is -0.294 e. The van der Waals surface area contributed by atoms with Gasteiger partial charge in [0, 0.05) is 6.42 Å². The molecule has 0 heterocycles. The first kappa shape index (κ1) is 13.1. The molecule has 96 valence electrons. The van der Waals surface area contributed by atoms with Gasteiger partial charge in [0.25, 0.3) is 0 Å². The molecule has 1 aliphatic rings. The van der Waals surface area contributed by atoms with Crippen molar-refractivity contribution in [1.82, 2.24) is 0 Å². The zero-order chi connectivity index (χ0) is 13.2. The molecule has 1 aromatic carbocycles. The number of benzene rings is 1. The van der Waals surface area contributed by atoms with Crippen LogP contribution in [0.15, 0.2) is 35.9 Å². The molecular formula is C17H22O. The maximum Gasteiger partial charge on any atom is 0.162 e. The van der Waals surface area contributed by atoms with Crippen LogP contribution in [0.2, 0.25) is 0 Å². The van der Waals surface area contributed by atoms with Gasteiger partial charge in [0.1, 0.15) is 0 Å². The molecule has 0 N–H and O–H groups in total. The van der Waals surface area contributed by atoms with Crippen molar-refractivity contribution in [2.45, 2.75) is 51.9 Å². The average Bonchev–Trinajstić information content (AvgIpc) is 2.82. The number of hydrogen-bond acceptors (Lipinski definition) is 1. The van der Waals surface area contributed by atoms with E-state index in [9.17, 15) is 4.79 Å². The molecule has 0 saturated heterocycles. The van der Waals surface area contributed by atoms with Gasteiger partial charge in [-0.05, 0) is 41.4 Å². The van der Waals surface area contributed by atoms with Gasteiger partial charge in [0.2, 0.25) is 0 Å². The van der Waals surface area contributed by atoms with E-state index >= 15 is 0 Å². The Morgan fingerprint density at radius 2 is 1.83 bits per heavy atom. The molecule has 0 amide bonds. The normalized spacial score (nSPS) is 15.6. The molecule has 1 aliphatic carbocycles. The van der Waals surface area contributed by atoms with E-state index in [1.165, 1.54) is 5.56 Å². The average molecular weight is 242 g/mol. The van der Waals surface area contributed by atoms with Gasteiger partial charge in [-0.15, -0.1) is 0 Å². The Labute approximate surface area is 110 Å². The van der Waals surface area contributed by atoms with E-state index in [1.807, 2.05) is 0 Å². The Bertz CT molecular complexity index is 457. The third-order valence-electron chi connectivity index (χ3n) is 3.58. The molecule has 2 rings (SSSR count). The van der Waals surface area contributed by atoms with Crippen LogP contribution in [0.4, 0.5) is 0 Å². The Balaban J connectivity index is 2.04. The van der Waals surface area contributed by atoms with Crippen molar-refractivity contribution in [2.24, 2.45) is 0 Å². The fourth-order valence-electron chi connectivity index (χ4n) is 2.35. The number of carbonyl (C=O) groups excluding carboxylic acids is 1. The molecule has 1 heteroatoms. The second kappa shape index (κ2) is 5.09. The predicted molar refractivity (Wildman–Crippen MR) is 75.8 cm³/mol. The predicted octanol–water partition coefficient (Wildman–Crippen LogP) is 4.21. The van der Waals surface area contributed by atoms with Gasteiger partial charge < -0.3 is 0 Å². The number of carbonyl (C=O) groups is 1. The Morgan fingerprint density at radius 1 is 1.17 bits per heavy atom. The molecule has 0 aromatic heterocycles. The van der Waals surface area contributed by atoms with E-state index in [0.717, 1.165) is 30.4 Å². The number of rotatable bonds is 3. The van der Waals surface area contributed by atoms with Crippen LogP contribution in [-0.4, -0.2) is 5.78 Å². The number of allylic oxidation sites excluding steroid dienone is 2. The van der Waals surface area contributed by atoms with Crippen LogP contribution in [0, 0.1) is 0 Å². The third kappa shape index (κ3) is 3.10. The Kier molecular flexibility index (Phi) is 3.70. The monoisotopic (exact) mass is 242 g/mol. The highest BCUT2D eigenvalue weighted by molar-refractivity contribution is 5.97. The van der Waals surface area contributed by atoms with Crippen molar-refractivity contribution in [1.29, 1.82) is 0 Å². The largest absolute Gasteiger partial charge is 0.294 e. The smallest absolute Gasteiger partial charge is 0.162 e. The number of ketones is 1. The summed E-state index contributed by atoms with van der Waals surface area (Å²) in [4.78, 5) is 12.0. The van der Waals surface area contributed by atoms with Crippen molar-refractivity contribution in [3.8, 4) is 0 Å². The van der Waals surface area contributed by atoms with Gasteiger partial charge in [0.15, 0.2) is 5.78 Å². The number of hydrogen-bond donors (Lipinski definition) is 0. The van der Waals surface area contributed by atoms with Crippen molar-refractivity contribution in [3.05, 3.63) is 47.0 Å². The molecule has 0 aliphatic heterocycles. The van der Waals surface area contributed by atoms with Crippen LogP contribution in [0.5, 0.6) is 0 Å². The highest BCUT2D eigenvalue weighted by atomic mass is 16.1. The molecule has 1 nitrogen and oxygen atoms in total. The molecule has 0 fully saturated rings. The van der Waals surface area contributed by atoms with E-state index < -0.39 is 0 Å². The van der Waals surface area contributed by atoms with E-state index in [4.69, 9.17) is 0 Å². The van der Waals surface area contributed by atoms with Crippen LogP contribution in [0.1, 0.15) is 51.2 Å². The SMILES string of the molecule is CC(C)(C)c1ccc(CC(=O)C2=CCCC2)cc1. The summed E-state index contributed by atoms with van der Waals surface area (Å²) in [5.41, 5.74) is 3.66. The summed E-state index contributed by atoms with van der Waals surface area (Å²) >= 11 is 0. The van der Waals surface area contributed by atoms with Crippen molar-refractivity contribution in [2.75, 3.05) is 0 Å². The lowest BCUT2D eigenvalue weighted by Crippen LogP contribution is -2.11. The third-order valence-corrected chi connectivity index (χ3v) is 3.58. The molecule has 18 heavy (non-hydrogen) atoms. The minimum absolute atomic E-state index is 0.177. The summed E-state index contributed by atoms with van der Waals surface area (Å²) in [6, 6.07) is 8.47. The number of Topliss-reactive ketones (excluding diaryl/α,β-unsaturated/α-hetero) is 1. The Morgan fingerprint density at radius 3 is 2.33 bits per heavy atom. The summed E-state index contributed by atoms with van der Waals surface area (Å²) in [7, 11) is 0. The summed E-state index contributed by atoms with van der Waals surface area (Å²) in [6.07, 6.45) is 5.84. The highest BCUT2D eigenvalue weighted by Gasteiger charge is 2.15. The lowest BCUT2D eigenvalue weighted by atomic mass is 9.86. The van der Waals surface area contributed by atoms with Crippen molar-refractivity contribution >= 4 is 5.78 Å². The van der Waals surface area contributed by atoms with Gasteiger partial charge in [-0.3, -0.25) is 4.79 Å². The van der Waals surface area contributed by atoms with Crippen molar-refractivity contribution in [3.63, 3.8) is 0 Å². The molecule has 0 radical (unpaired) electrons. The van der Waals surface area contributed by atoms with Crippen LogP contribution >= 0.6 is 0 Å².